The number of benzene rings is 2. The highest BCUT2D eigenvalue weighted by Crippen LogP contribution is 2.23. The minimum atomic E-state index is -0.635. The lowest BCUT2D eigenvalue weighted by atomic mass is 9.98. The van der Waals surface area contributed by atoms with Crippen LogP contribution in [0.3, 0.4) is 0 Å². The molecule has 112 valence electrons. The van der Waals surface area contributed by atoms with Gasteiger partial charge in [-0.1, -0.05) is 28.9 Å². The molecule has 0 aliphatic heterocycles. The van der Waals surface area contributed by atoms with Crippen LogP contribution in [0, 0.1) is 17.5 Å². The number of likely N-dealkylation sites (N-methyl/N-ethyl adjacent to an activating group) is 1. The average molecular weight is 358 g/mol. The van der Waals surface area contributed by atoms with E-state index in [0.717, 1.165) is 6.07 Å². The van der Waals surface area contributed by atoms with E-state index in [9.17, 15) is 13.2 Å². The van der Waals surface area contributed by atoms with E-state index in [1.165, 1.54) is 18.2 Å². The molecule has 0 amide bonds. The van der Waals surface area contributed by atoms with Gasteiger partial charge in [-0.25, -0.2) is 13.2 Å². The third-order valence-corrected chi connectivity index (χ3v) is 3.67. The number of halogens is 4. The van der Waals surface area contributed by atoms with E-state index in [1.54, 1.807) is 12.1 Å². The molecule has 2 rings (SSSR count). The first-order valence-electron chi connectivity index (χ1n) is 6.63. The molecule has 2 aromatic rings. The van der Waals surface area contributed by atoms with E-state index in [-0.39, 0.29) is 11.9 Å². The van der Waals surface area contributed by atoms with Gasteiger partial charge in [0.1, 0.15) is 17.5 Å². The molecule has 5 heteroatoms. The van der Waals surface area contributed by atoms with Crippen LogP contribution >= 0.6 is 15.9 Å². The number of hydrogen-bond acceptors (Lipinski definition) is 1. The molecule has 21 heavy (non-hydrogen) atoms. The smallest absolute Gasteiger partial charge is 0.127 e. The Hall–Kier alpha value is -1.33. The van der Waals surface area contributed by atoms with E-state index in [4.69, 9.17) is 0 Å². The molecule has 0 aliphatic carbocycles. The Kier molecular flexibility index (Phi) is 5.42. The molecule has 0 saturated carbocycles. The van der Waals surface area contributed by atoms with Crippen LogP contribution in [0.15, 0.2) is 40.9 Å². The van der Waals surface area contributed by atoms with Crippen molar-refractivity contribution in [1.29, 1.82) is 0 Å². The standard InChI is InChI=1S/C16H15BrF3N/c1-2-21-16(11-5-13(18)9-14(19)6-11)7-10-3-4-12(17)8-15(10)20/h3-6,8-9,16,21H,2,7H2,1H3. The zero-order valence-electron chi connectivity index (χ0n) is 11.5. The molecular weight excluding hydrogens is 343 g/mol. The summed E-state index contributed by atoms with van der Waals surface area (Å²) in [5.74, 6) is -1.61. The molecule has 1 unspecified atom stereocenters. The Balaban J connectivity index is 2.30. The predicted molar refractivity (Wildman–Crippen MR) is 80.6 cm³/mol. The Morgan fingerprint density at radius 2 is 1.71 bits per heavy atom. The fourth-order valence-electron chi connectivity index (χ4n) is 2.24. The second-order valence-electron chi connectivity index (χ2n) is 4.75. The van der Waals surface area contributed by atoms with Crippen molar-refractivity contribution >= 4 is 15.9 Å². The van der Waals surface area contributed by atoms with Gasteiger partial charge in [-0.3, -0.25) is 0 Å². The molecule has 1 N–H and O–H groups in total. The highest BCUT2D eigenvalue weighted by Gasteiger charge is 2.15. The molecule has 2 aromatic carbocycles. The normalized spacial score (nSPS) is 12.4. The monoisotopic (exact) mass is 357 g/mol. The Bertz CT molecular complexity index is 611. The lowest BCUT2D eigenvalue weighted by molar-refractivity contribution is 0.515. The summed E-state index contributed by atoms with van der Waals surface area (Å²) in [4.78, 5) is 0. The van der Waals surface area contributed by atoms with Crippen molar-refractivity contribution in [1.82, 2.24) is 5.32 Å². The first-order valence-corrected chi connectivity index (χ1v) is 7.42. The van der Waals surface area contributed by atoms with Gasteiger partial charge < -0.3 is 5.32 Å². The Morgan fingerprint density at radius 1 is 1.05 bits per heavy atom. The maximum atomic E-state index is 13.9. The van der Waals surface area contributed by atoms with Crippen LogP contribution in [0.4, 0.5) is 13.2 Å². The van der Waals surface area contributed by atoms with Gasteiger partial charge in [-0.05, 0) is 48.4 Å². The van der Waals surface area contributed by atoms with Crippen molar-refractivity contribution in [2.24, 2.45) is 0 Å². The fourth-order valence-corrected chi connectivity index (χ4v) is 2.57. The summed E-state index contributed by atoms with van der Waals surface area (Å²) in [5, 5.41) is 3.13. The van der Waals surface area contributed by atoms with Crippen molar-refractivity contribution in [3.05, 3.63) is 69.4 Å². The molecule has 1 nitrogen and oxygen atoms in total. The summed E-state index contributed by atoms with van der Waals surface area (Å²) in [6.45, 7) is 2.50. The Morgan fingerprint density at radius 3 is 2.29 bits per heavy atom. The van der Waals surface area contributed by atoms with E-state index >= 15 is 0 Å². The Labute approximate surface area is 130 Å². The van der Waals surface area contributed by atoms with Crippen molar-refractivity contribution in [3.63, 3.8) is 0 Å². The molecule has 0 aromatic heterocycles. The van der Waals surface area contributed by atoms with Crippen LogP contribution in [0.25, 0.3) is 0 Å². The van der Waals surface area contributed by atoms with E-state index in [0.29, 0.717) is 28.6 Å². The minimum absolute atomic E-state index is 0.315. The quantitative estimate of drug-likeness (QED) is 0.813. The average Bonchev–Trinajstić information content (AvgIpc) is 2.40. The third-order valence-electron chi connectivity index (χ3n) is 3.18. The maximum absolute atomic E-state index is 13.9. The number of rotatable bonds is 5. The second kappa shape index (κ2) is 7.09. The second-order valence-corrected chi connectivity index (χ2v) is 5.67. The zero-order chi connectivity index (χ0) is 15.4. The molecular formula is C16H15BrF3N. The third kappa shape index (κ3) is 4.32. The molecule has 0 saturated heterocycles. The van der Waals surface area contributed by atoms with E-state index in [2.05, 4.69) is 21.2 Å². The van der Waals surface area contributed by atoms with Gasteiger partial charge in [-0.15, -0.1) is 0 Å². The van der Waals surface area contributed by atoms with Crippen molar-refractivity contribution in [2.45, 2.75) is 19.4 Å². The summed E-state index contributed by atoms with van der Waals surface area (Å²) in [6, 6.07) is 7.81. The van der Waals surface area contributed by atoms with Crippen molar-refractivity contribution in [2.75, 3.05) is 6.54 Å². The molecule has 0 spiro atoms. The summed E-state index contributed by atoms with van der Waals surface area (Å²) in [6.07, 6.45) is 0.315. The summed E-state index contributed by atoms with van der Waals surface area (Å²) in [5.41, 5.74) is 0.963. The molecule has 0 bridgehead atoms. The summed E-state index contributed by atoms with van der Waals surface area (Å²) < 4.78 is 41.3. The van der Waals surface area contributed by atoms with Crippen LogP contribution < -0.4 is 5.32 Å². The van der Waals surface area contributed by atoms with Gasteiger partial charge in [0.25, 0.3) is 0 Å². The lowest BCUT2D eigenvalue weighted by Crippen LogP contribution is -2.23. The molecule has 0 radical (unpaired) electrons. The zero-order valence-corrected chi connectivity index (χ0v) is 13.1. The highest BCUT2D eigenvalue weighted by molar-refractivity contribution is 9.10. The number of nitrogens with one attached hydrogen (secondary N) is 1. The fraction of sp³-hybridized carbons (Fsp3) is 0.250. The van der Waals surface area contributed by atoms with Crippen LogP contribution in [0.1, 0.15) is 24.1 Å². The first kappa shape index (κ1) is 16.0. The van der Waals surface area contributed by atoms with Gasteiger partial charge >= 0.3 is 0 Å². The van der Waals surface area contributed by atoms with Gasteiger partial charge in [0, 0.05) is 16.6 Å². The van der Waals surface area contributed by atoms with Gasteiger partial charge in [-0.2, -0.15) is 0 Å². The number of hydrogen-bond donors (Lipinski definition) is 1. The van der Waals surface area contributed by atoms with Crippen LogP contribution in [0.2, 0.25) is 0 Å². The molecule has 1 atom stereocenters. The van der Waals surface area contributed by atoms with Crippen LogP contribution in [-0.2, 0) is 6.42 Å². The van der Waals surface area contributed by atoms with Crippen LogP contribution in [-0.4, -0.2) is 6.54 Å². The predicted octanol–water partition coefficient (Wildman–Crippen LogP) is 4.76. The van der Waals surface area contributed by atoms with Gasteiger partial charge in [0.2, 0.25) is 0 Å². The summed E-state index contributed by atoms with van der Waals surface area (Å²) >= 11 is 3.20. The largest absolute Gasteiger partial charge is 0.310 e. The minimum Gasteiger partial charge on any atom is -0.310 e. The highest BCUT2D eigenvalue weighted by atomic mass is 79.9. The lowest BCUT2D eigenvalue weighted by Gasteiger charge is -2.19. The van der Waals surface area contributed by atoms with Crippen LogP contribution in [0.5, 0.6) is 0 Å². The molecule has 0 heterocycles. The maximum Gasteiger partial charge on any atom is 0.127 e. The van der Waals surface area contributed by atoms with Gasteiger partial charge in [0.05, 0.1) is 0 Å². The molecule has 0 fully saturated rings. The topological polar surface area (TPSA) is 12.0 Å². The van der Waals surface area contributed by atoms with E-state index < -0.39 is 11.6 Å². The SMILES string of the molecule is CCNC(Cc1ccc(Br)cc1F)c1cc(F)cc(F)c1. The van der Waals surface area contributed by atoms with Crippen molar-refractivity contribution in [3.8, 4) is 0 Å². The first-order chi connectivity index (χ1) is 9.99. The summed E-state index contributed by atoms with van der Waals surface area (Å²) in [7, 11) is 0. The van der Waals surface area contributed by atoms with Gasteiger partial charge in [0.15, 0.2) is 0 Å². The van der Waals surface area contributed by atoms with Crippen molar-refractivity contribution < 1.29 is 13.2 Å². The van der Waals surface area contributed by atoms with E-state index in [1.807, 2.05) is 6.92 Å². The molecule has 0 aliphatic rings.